The third-order valence-corrected chi connectivity index (χ3v) is 3.44. The van der Waals surface area contributed by atoms with Crippen LogP contribution in [0.2, 0.25) is 0 Å². The summed E-state index contributed by atoms with van der Waals surface area (Å²) in [5, 5.41) is 9.72. The molecule has 0 saturated carbocycles. The first-order valence-electron chi connectivity index (χ1n) is 6.12. The quantitative estimate of drug-likeness (QED) is 0.404. The predicted molar refractivity (Wildman–Crippen MR) is 68.7 cm³/mol. The molecule has 96 valence electrons. The maximum atomic E-state index is 11.3. The van der Waals surface area contributed by atoms with Crippen LogP contribution in [0.4, 0.5) is 0 Å². The average Bonchev–Trinajstić information content (AvgIpc) is 2.27. The van der Waals surface area contributed by atoms with Gasteiger partial charge in [0, 0.05) is 0 Å². The number of carbonyl (C=O) groups excluding carboxylic acids is 1. The molecule has 0 amide bonds. The second kappa shape index (κ2) is 10.1. The largest absolute Gasteiger partial charge is 0.465 e. The van der Waals surface area contributed by atoms with Gasteiger partial charge >= 0.3 is 5.97 Å². The number of hydrogen-bond acceptors (Lipinski definition) is 3. The summed E-state index contributed by atoms with van der Waals surface area (Å²) in [5.41, 5.74) is 0. The Kier molecular flexibility index (Phi) is 10.0. The van der Waals surface area contributed by atoms with E-state index in [0.29, 0.717) is 13.0 Å². The lowest BCUT2D eigenvalue weighted by Gasteiger charge is -2.15. The fourth-order valence-electron chi connectivity index (χ4n) is 1.48. The molecule has 4 heteroatoms. The lowest BCUT2D eigenvalue weighted by Crippen LogP contribution is -2.30. The van der Waals surface area contributed by atoms with Gasteiger partial charge in [0.05, 0.1) is 12.7 Å². The zero-order chi connectivity index (χ0) is 12.4. The minimum absolute atomic E-state index is 0.351. The smallest absolute Gasteiger partial charge is 0.322 e. The first kappa shape index (κ1) is 15.9. The molecule has 0 aromatic heterocycles. The molecule has 2 atom stereocenters. The number of hydrogen-bond donors (Lipinski definition) is 1. The highest BCUT2D eigenvalue weighted by Crippen LogP contribution is 2.15. The van der Waals surface area contributed by atoms with Crippen molar-refractivity contribution in [1.82, 2.24) is 0 Å². The normalized spacial score (nSPS) is 14.5. The van der Waals surface area contributed by atoms with E-state index in [1.54, 1.807) is 6.92 Å². The van der Waals surface area contributed by atoms with Crippen LogP contribution in [0.5, 0.6) is 0 Å². The lowest BCUT2D eigenvalue weighted by molar-refractivity contribution is -0.144. The van der Waals surface area contributed by atoms with Crippen molar-refractivity contribution in [1.29, 1.82) is 0 Å². The molecule has 0 heterocycles. The number of rotatable bonds is 9. The van der Waals surface area contributed by atoms with E-state index >= 15 is 0 Å². The first-order valence-corrected chi connectivity index (χ1v) is 7.03. The summed E-state index contributed by atoms with van der Waals surface area (Å²) >= 11 is 3.17. The summed E-state index contributed by atoms with van der Waals surface area (Å²) in [7, 11) is 0. The van der Waals surface area contributed by atoms with E-state index in [1.807, 2.05) is 0 Å². The molecule has 0 aliphatic rings. The van der Waals surface area contributed by atoms with Crippen LogP contribution in [0, 0.1) is 0 Å². The minimum atomic E-state index is -0.638. The molecule has 0 aromatic carbocycles. The summed E-state index contributed by atoms with van der Waals surface area (Å²) in [6, 6.07) is 0. The molecule has 0 fully saturated rings. The first-order chi connectivity index (χ1) is 7.63. The van der Waals surface area contributed by atoms with Crippen LogP contribution in [0.15, 0.2) is 0 Å². The summed E-state index contributed by atoms with van der Waals surface area (Å²) in [4.78, 5) is 10.7. The van der Waals surface area contributed by atoms with Gasteiger partial charge in [-0.3, -0.25) is 4.79 Å². The molecule has 1 N–H and O–H groups in total. The second-order valence-corrected chi connectivity index (χ2v) is 4.91. The molecule has 2 unspecified atom stereocenters. The molecule has 0 aliphatic carbocycles. The third kappa shape index (κ3) is 7.23. The van der Waals surface area contributed by atoms with Gasteiger partial charge in [0.15, 0.2) is 0 Å². The maximum Gasteiger partial charge on any atom is 0.322 e. The van der Waals surface area contributed by atoms with Gasteiger partial charge in [-0.25, -0.2) is 0 Å². The van der Waals surface area contributed by atoms with Gasteiger partial charge in [-0.05, 0) is 13.3 Å². The Balaban J connectivity index is 3.62. The van der Waals surface area contributed by atoms with E-state index in [9.17, 15) is 9.90 Å². The van der Waals surface area contributed by atoms with Crippen LogP contribution in [-0.4, -0.2) is 28.6 Å². The van der Waals surface area contributed by atoms with E-state index in [0.717, 1.165) is 12.8 Å². The van der Waals surface area contributed by atoms with E-state index in [1.165, 1.54) is 19.3 Å². The van der Waals surface area contributed by atoms with Crippen molar-refractivity contribution in [2.75, 3.05) is 6.61 Å². The summed E-state index contributed by atoms with van der Waals surface area (Å²) in [6.07, 6.45) is 5.75. The van der Waals surface area contributed by atoms with Crippen molar-refractivity contribution >= 4 is 21.9 Å². The van der Waals surface area contributed by atoms with Crippen LogP contribution >= 0.6 is 15.9 Å². The number of esters is 1. The van der Waals surface area contributed by atoms with Crippen LogP contribution in [0.25, 0.3) is 0 Å². The van der Waals surface area contributed by atoms with Gasteiger partial charge in [0.1, 0.15) is 4.83 Å². The Morgan fingerprint density at radius 3 is 2.44 bits per heavy atom. The summed E-state index contributed by atoms with van der Waals surface area (Å²) in [6.45, 7) is 4.28. The monoisotopic (exact) mass is 294 g/mol. The Morgan fingerprint density at radius 1 is 1.25 bits per heavy atom. The van der Waals surface area contributed by atoms with Crippen molar-refractivity contribution in [2.45, 2.75) is 63.3 Å². The van der Waals surface area contributed by atoms with Gasteiger partial charge < -0.3 is 9.84 Å². The second-order valence-electron chi connectivity index (χ2n) is 3.92. The zero-order valence-corrected chi connectivity index (χ0v) is 11.8. The molecule has 3 nitrogen and oxygen atoms in total. The molecule has 0 saturated heterocycles. The van der Waals surface area contributed by atoms with Gasteiger partial charge in [0.25, 0.3) is 0 Å². The van der Waals surface area contributed by atoms with Crippen LogP contribution in [-0.2, 0) is 9.53 Å². The van der Waals surface area contributed by atoms with Crippen molar-refractivity contribution in [3.8, 4) is 0 Å². The highest BCUT2D eigenvalue weighted by atomic mass is 79.9. The SMILES string of the molecule is CCCCCCCC(O)C(Br)C(=O)OCC. The van der Waals surface area contributed by atoms with Crippen LogP contribution in [0.1, 0.15) is 52.4 Å². The number of ether oxygens (including phenoxy) is 1. The number of aliphatic hydroxyl groups excluding tert-OH is 1. The maximum absolute atomic E-state index is 11.3. The standard InChI is InChI=1S/C12H23BrO3/c1-3-5-6-7-8-9-10(14)11(13)12(15)16-4-2/h10-11,14H,3-9H2,1-2H3. The average molecular weight is 295 g/mol. The zero-order valence-electron chi connectivity index (χ0n) is 10.2. The fraction of sp³-hybridized carbons (Fsp3) is 0.917. The molecule has 0 spiro atoms. The van der Waals surface area contributed by atoms with Crippen molar-refractivity contribution < 1.29 is 14.6 Å². The summed E-state index contributed by atoms with van der Waals surface area (Å²) < 4.78 is 4.82. The van der Waals surface area contributed by atoms with Crippen molar-refractivity contribution in [2.24, 2.45) is 0 Å². The van der Waals surface area contributed by atoms with Gasteiger partial charge in [0.2, 0.25) is 0 Å². The molecule has 0 radical (unpaired) electrons. The number of carbonyl (C=O) groups is 1. The van der Waals surface area contributed by atoms with Gasteiger partial charge in [-0.15, -0.1) is 0 Å². The van der Waals surface area contributed by atoms with Gasteiger partial charge in [-0.1, -0.05) is 55.0 Å². The molecule has 0 rings (SSSR count). The lowest BCUT2D eigenvalue weighted by atomic mass is 10.1. The molecule has 0 aliphatic heterocycles. The van der Waals surface area contributed by atoms with E-state index < -0.39 is 10.9 Å². The molecule has 0 bridgehead atoms. The molecule has 0 aromatic rings. The molecular formula is C12H23BrO3. The van der Waals surface area contributed by atoms with Crippen molar-refractivity contribution in [3.63, 3.8) is 0 Å². The predicted octanol–water partition coefficient (Wildman–Crippen LogP) is 3.03. The highest BCUT2D eigenvalue weighted by Gasteiger charge is 2.24. The van der Waals surface area contributed by atoms with Gasteiger partial charge in [-0.2, -0.15) is 0 Å². The number of alkyl halides is 1. The Hall–Kier alpha value is -0.0900. The number of halogens is 1. The topological polar surface area (TPSA) is 46.5 Å². The Morgan fingerprint density at radius 2 is 1.88 bits per heavy atom. The summed E-state index contributed by atoms with van der Waals surface area (Å²) in [5.74, 6) is -0.372. The highest BCUT2D eigenvalue weighted by molar-refractivity contribution is 9.10. The van der Waals surface area contributed by atoms with E-state index in [-0.39, 0.29) is 5.97 Å². The van der Waals surface area contributed by atoms with E-state index in [2.05, 4.69) is 22.9 Å². The molecular weight excluding hydrogens is 272 g/mol. The fourth-order valence-corrected chi connectivity index (χ4v) is 1.88. The van der Waals surface area contributed by atoms with Crippen LogP contribution in [0.3, 0.4) is 0 Å². The number of aliphatic hydroxyl groups is 1. The van der Waals surface area contributed by atoms with E-state index in [4.69, 9.17) is 4.74 Å². The van der Waals surface area contributed by atoms with Crippen LogP contribution < -0.4 is 0 Å². The molecule has 16 heavy (non-hydrogen) atoms. The number of unbranched alkanes of at least 4 members (excludes halogenated alkanes) is 4. The van der Waals surface area contributed by atoms with Crippen molar-refractivity contribution in [3.05, 3.63) is 0 Å². The Bertz CT molecular complexity index is 185. The minimum Gasteiger partial charge on any atom is -0.465 e. The third-order valence-electron chi connectivity index (χ3n) is 2.45. The Labute approximate surface area is 107 Å².